The summed E-state index contributed by atoms with van der Waals surface area (Å²) in [6.07, 6.45) is 1.69. The zero-order valence-electron chi connectivity index (χ0n) is 8.51. The average molecular weight is 235 g/mol. The second kappa shape index (κ2) is 4.32. The molecule has 1 aromatic carbocycles. The zero-order chi connectivity index (χ0) is 11.5. The second-order valence-electron chi connectivity index (χ2n) is 3.06. The van der Waals surface area contributed by atoms with Gasteiger partial charge in [0, 0.05) is 17.1 Å². The third-order valence-electron chi connectivity index (χ3n) is 2.11. The van der Waals surface area contributed by atoms with Gasteiger partial charge >= 0.3 is 5.97 Å². The van der Waals surface area contributed by atoms with Crippen LogP contribution in [0.4, 0.5) is 0 Å². The molecule has 2 aromatic rings. The van der Waals surface area contributed by atoms with Gasteiger partial charge in [-0.05, 0) is 18.2 Å². The number of methoxy groups -OCH3 is 1. The number of hydrogen-bond donors (Lipinski definition) is 1. The molecule has 0 amide bonds. The van der Waals surface area contributed by atoms with Crippen LogP contribution in [0, 0.1) is 0 Å². The Morgan fingerprint density at radius 1 is 1.50 bits per heavy atom. The van der Waals surface area contributed by atoms with Crippen LogP contribution in [-0.4, -0.2) is 23.2 Å². The molecular formula is C11H9NO3S. The van der Waals surface area contributed by atoms with Crippen molar-refractivity contribution in [3.05, 3.63) is 35.3 Å². The summed E-state index contributed by atoms with van der Waals surface area (Å²) in [6, 6.07) is 5.00. The molecule has 82 valence electrons. The van der Waals surface area contributed by atoms with Crippen LogP contribution in [-0.2, 0) is 0 Å². The number of aromatic carboxylic acids is 1. The average Bonchev–Trinajstić information content (AvgIpc) is 2.81. The minimum absolute atomic E-state index is 0.148. The summed E-state index contributed by atoms with van der Waals surface area (Å²) in [5.74, 6) is -0.650. The molecule has 1 N–H and O–H groups in total. The molecule has 0 aliphatic rings. The molecule has 5 heteroatoms. The van der Waals surface area contributed by atoms with Gasteiger partial charge in [-0.2, -0.15) is 0 Å². The van der Waals surface area contributed by atoms with E-state index in [-0.39, 0.29) is 5.56 Å². The molecule has 0 atom stereocenters. The Kier molecular flexibility index (Phi) is 2.87. The van der Waals surface area contributed by atoms with Crippen molar-refractivity contribution in [3.63, 3.8) is 0 Å². The fraction of sp³-hybridized carbons (Fsp3) is 0.0909. The first-order valence-electron chi connectivity index (χ1n) is 4.53. The van der Waals surface area contributed by atoms with Gasteiger partial charge in [-0.3, -0.25) is 0 Å². The number of carboxylic acid groups (broad SMARTS) is 1. The summed E-state index contributed by atoms with van der Waals surface area (Å²) in [7, 11) is 1.45. The van der Waals surface area contributed by atoms with E-state index in [4.69, 9.17) is 9.84 Å². The number of ether oxygens (including phenoxy) is 1. The molecule has 0 aliphatic heterocycles. The van der Waals surface area contributed by atoms with Crippen LogP contribution >= 0.6 is 11.3 Å². The summed E-state index contributed by atoms with van der Waals surface area (Å²) < 4.78 is 4.98. The summed E-state index contributed by atoms with van der Waals surface area (Å²) in [6.45, 7) is 0. The molecule has 0 fully saturated rings. The Hall–Kier alpha value is -1.88. The fourth-order valence-electron chi connectivity index (χ4n) is 1.37. The van der Waals surface area contributed by atoms with Gasteiger partial charge in [-0.25, -0.2) is 9.78 Å². The maximum Gasteiger partial charge on any atom is 0.339 e. The second-order valence-corrected chi connectivity index (χ2v) is 3.95. The van der Waals surface area contributed by atoms with E-state index in [1.807, 2.05) is 5.38 Å². The van der Waals surface area contributed by atoms with E-state index in [1.54, 1.807) is 24.4 Å². The van der Waals surface area contributed by atoms with Crippen molar-refractivity contribution < 1.29 is 14.6 Å². The molecule has 1 heterocycles. The number of carboxylic acids is 1. The zero-order valence-corrected chi connectivity index (χ0v) is 9.32. The van der Waals surface area contributed by atoms with Gasteiger partial charge in [0.05, 0.1) is 7.11 Å². The lowest BCUT2D eigenvalue weighted by molar-refractivity contribution is 0.0693. The maximum absolute atomic E-state index is 11.0. The lowest BCUT2D eigenvalue weighted by Crippen LogP contribution is -2.00. The number of hydrogen-bond acceptors (Lipinski definition) is 4. The molecule has 4 nitrogen and oxygen atoms in total. The largest absolute Gasteiger partial charge is 0.496 e. The van der Waals surface area contributed by atoms with Gasteiger partial charge in [0.1, 0.15) is 16.3 Å². The predicted octanol–water partition coefficient (Wildman–Crippen LogP) is 2.52. The first-order valence-corrected chi connectivity index (χ1v) is 5.41. The number of carbonyl (C=O) groups is 1. The predicted molar refractivity (Wildman–Crippen MR) is 61.1 cm³/mol. The van der Waals surface area contributed by atoms with Crippen LogP contribution in [0.3, 0.4) is 0 Å². The number of aromatic nitrogens is 1. The van der Waals surface area contributed by atoms with Crippen molar-refractivity contribution >= 4 is 17.3 Å². The summed E-state index contributed by atoms with van der Waals surface area (Å²) >= 11 is 1.47. The molecule has 0 saturated heterocycles. The third-order valence-corrected chi connectivity index (χ3v) is 2.93. The Morgan fingerprint density at radius 3 is 2.88 bits per heavy atom. The number of thiazole rings is 1. The minimum atomic E-state index is -1.00. The third kappa shape index (κ3) is 1.90. The van der Waals surface area contributed by atoms with Crippen LogP contribution in [0.25, 0.3) is 10.6 Å². The van der Waals surface area contributed by atoms with Crippen molar-refractivity contribution in [1.82, 2.24) is 4.98 Å². The highest BCUT2D eigenvalue weighted by Gasteiger charge is 2.12. The van der Waals surface area contributed by atoms with Gasteiger partial charge in [0.15, 0.2) is 0 Å². The lowest BCUT2D eigenvalue weighted by atomic mass is 10.1. The SMILES string of the molecule is COc1ccc(-c2nccs2)cc1C(=O)O. The van der Waals surface area contributed by atoms with E-state index in [0.717, 1.165) is 10.6 Å². The van der Waals surface area contributed by atoms with E-state index in [2.05, 4.69) is 4.98 Å². The molecule has 0 saturated carbocycles. The number of nitrogens with zero attached hydrogens (tertiary/aromatic N) is 1. The normalized spacial score (nSPS) is 10.1. The number of benzene rings is 1. The molecule has 0 spiro atoms. The monoisotopic (exact) mass is 235 g/mol. The van der Waals surface area contributed by atoms with E-state index in [9.17, 15) is 4.79 Å². The van der Waals surface area contributed by atoms with Crippen LogP contribution in [0.2, 0.25) is 0 Å². The Morgan fingerprint density at radius 2 is 2.31 bits per heavy atom. The molecule has 0 bridgehead atoms. The number of rotatable bonds is 3. The van der Waals surface area contributed by atoms with Crippen LogP contribution in [0.5, 0.6) is 5.75 Å². The van der Waals surface area contributed by atoms with Crippen LogP contribution in [0.15, 0.2) is 29.8 Å². The van der Waals surface area contributed by atoms with Gasteiger partial charge in [0.25, 0.3) is 0 Å². The van der Waals surface area contributed by atoms with Crippen LogP contribution in [0.1, 0.15) is 10.4 Å². The Labute approximate surface area is 96.1 Å². The molecule has 0 aliphatic carbocycles. The van der Waals surface area contributed by atoms with Crippen molar-refractivity contribution in [3.8, 4) is 16.3 Å². The molecule has 1 aromatic heterocycles. The standard InChI is InChI=1S/C11H9NO3S/c1-15-9-3-2-7(6-8(9)11(13)14)10-12-4-5-16-10/h2-6H,1H3,(H,13,14). The van der Waals surface area contributed by atoms with Gasteiger partial charge in [-0.15, -0.1) is 11.3 Å². The van der Waals surface area contributed by atoms with Crippen LogP contribution < -0.4 is 4.74 Å². The van der Waals surface area contributed by atoms with Gasteiger partial charge in [-0.1, -0.05) is 0 Å². The smallest absolute Gasteiger partial charge is 0.339 e. The molecule has 0 unspecified atom stereocenters. The first-order chi connectivity index (χ1) is 7.72. The van der Waals surface area contributed by atoms with E-state index in [0.29, 0.717) is 5.75 Å². The summed E-state index contributed by atoms with van der Waals surface area (Å²) in [5.41, 5.74) is 0.934. The highest BCUT2D eigenvalue weighted by Crippen LogP contribution is 2.27. The summed E-state index contributed by atoms with van der Waals surface area (Å²) in [4.78, 5) is 15.1. The first kappa shape index (κ1) is 10.6. The maximum atomic E-state index is 11.0. The van der Waals surface area contributed by atoms with E-state index in [1.165, 1.54) is 18.4 Å². The molecular weight excluding hydrogens is 226 g/mol. The Balaban J connectivity index is 2.51. The van der Waals surface area contributed by atoms with E-state index < -0.39 is 5.97 Å². The lowest BCUT2D eigenvalue weighted by Gasteiger charge is -2.05. The summed E-state index contributed by atoms with van der Waals surface area (Å²) in [5, 5.41) is 11.7. The highest BCUT2D eigenvalue weighted by molar-refractivity contribution is 7.13. The molecule has 16 heavy (non-hydrogen) atoms. The Bertz CT molecular complexity index is 508. The quantitative estimate of drug-likeness (QED) is 0.888. The fourth-order valence-corrected chi connectivity index (χ4v) is 2.01. The highest BCUT2D eigenvalue weighted by atomic mass is 32.1. The van der Waals surface area contributed by atoms with Gasteiger partial charge < -0.3 is 9.84 Å². The van der Waals surface area contributed by atoms with Crippen molar-refractivity contribution in [1.29, 1.82) is 0 Å². The van der Waals surface area contributed by atoms with Crippen molar-refractivity contribution in [2.24, 2.45) is 0 Å². The van der Waals surface area contributed by atoms with Crippen molar-refractivity contribution in [2.45, 2.75) is 0 Å². The van der Waals surface area contributed by atoms with Gasteiger partial charge in [0.2, 0.25) is 0 Å². The van der Waals surface area contributed by atoms with Crippen molar-refractivity contribution in [2.75, 3.05) is 7.11 Å². The topological polar surface area (TPSA) is 59.4 Å². The van der Waals surface area contributed by atoms with E-state index >= 15 is 0 Å². The minimum Gasteiger partial charge on any atom is -0.496 e. The molecule has 2 rings (SSSR count). The molecule has 0 radical (unpaired) electrons.